The van der Waals surface area contributed by atoms with Gasteiger partial charge in [0.15, 0.2) is 5.11 Å². The Morgan fingerprint density at radius 2 is 1.84 bits per heavy atom. The number of carbonyl (C=O) groups excluding carboxylic acids is 1. The Balaban J connectivity index is 2.05. The van der Waals surface area contributed by atoms with Gasteiger partial charge in [-0.25, -0.2) is 0 Å². The van der Waals surface area contributed by atoms with Crippen molar-refractivity contribution in [3.63, 3.8) is 0 Å². The number of rotatable bonds is 5. The predicted molar refractivity (Wildman–Crippen MR) is 107 cm³/mol. The number of nitrogens with one attached hydrogen (secondary N) is 2. The van der Waals surface area contributed by atoms with Crippen LogP contribution in [-0.2, 0) is 0 Å². The maximum absolute atomic E-state index is 12.3. The van der Waals surface area contributed by atoms with Crippen molar-refractivity contribution in [3.8, 4) is 5.75 Å². The molecule has 2 rings (SSSR count). The van der Waals surface area contributed by atoms with Gasteiger partial charge in [-0.3, -0.25) is 10.1 Å². The Morgan fingerprint density at radius 1 is 1.20 bits per heavy atom. The Bertz CT molecular complexity index is 804. The normalized spacial score (nSPS) is 10.0. The highest BCUT2D eigenvalue weighted by Crippen LogP contribution is 2.24. The molecular weight excluding hydrogens is 379 g/mol. The third-order valence-electron chi connectivity index (χ3n) is 2.96. The Kier molecular flexibility index (Phi) is 6.82. The van der Waals surface area contributed by atoms with Crippen molar-refractivity contribution < 1.29 is 9.53 Å². The van der Waals surface area contributed by atoms with Gasteiger partial charge in [-0.05, 0) is 55.0 Å². The van der Waals surface area contributed by atoms with E-state index in [0.29, 0.717) is 33.7 Å². The topological polar surface area (TPSA) is 50.4 Å². The number of ether oxygens (including phenoxy) is 1. The van der Waals surface area contributed by atoms with Crippen LogP contribution in [0, 0.1) is 0 Å². The molecule has 0 atom stereocenters. The first-order valence-electron chi connectivity index (χ1n) is 7.30. The van der Waals surface area contributed by atoms with Crippen LogP contribution in [0.5, 0.6) is 5.75 Å². The SMILES string of the molecule is C=C(C)COc1ccccc1NC(=S)NC(=O)c1cc(Cl)cc(Cl)c1. The van der Waals surface area contributed by atoms with E-state index in [9.17, 15) is 4.79 Å². The minimum atomic E-state index is -0.415. The first-order valence-corrected chi connectivity index (χ1v) is 8.46. The summed E-state index contributed by atoms with van der Waals surface area (Å²) >= 11 is 17.0. The number of benzene rings is 2. The molecule has 0 radical (unpaired) electrons. The molecule has 0 aliphatic rings. The third-order valence-corrected chi connectivity index (χ3v) is 3.60. The standard InChI is InChI=1S/C18H16Cl2N2O2S/c1-11(2)10-24-16-6-4-3-5-15(16)21-18(25)22-17(23)12-7-13(19)9-14(20)8-12/h3-9H,1,10H2,2H3,(H2,21,22,23,25). The molecule has 7 heteroatoms. The summed E-state index contributed by atoms with van der Waals surface area (Å²) in [5, 5.41) is 6.40. The summed E-state index contributed by atoms with van der Waals surface area (Å²) in [5.41, 5.74) is 1.84. The van der Waals surface area contributed by atoms with Gasteiger partial charge in [0, 0.05) is 15.6 Å². The molecule has 25 heavy (non-hydrogen) atoms. The zero-order valence-corrected chi connectivity index (χ0v) is 15.8. The first-order chi connectivity index (χ1) is 11.8. The summed E-state index contributed by atoms with van der Waals surface area (Å²) in [6.45, 7) is 6.06. The Hall–Kier alpha value is -2.08. The molecule has 0 spiro atoms. The molecular formula is C18H16Cl2N2O2S. The second-order valence-corrected chi connectivity index (χ2v) is 6.59. The molecule has 130 valence electrons. The molecule has 0 saturated carbocycles. The Morgan fingerprint density at radius 3 is 2.48 bits per heavy atom. The number of anilines is 1. The van der Waals surface area contributed by atoms with Crippen LogP contribution in [0.4, 0.5) is 5.69 Å². The molecule has 2 N–H and O–H groups in total. The average Bonchev–Trinajstić information content (AvgIpc) is 2.52. The Labute approximate surface area is 161 Å². The lowest BCUT2D eigenvalue weighted by molar-refractivity contribution is 0.0977. The van der Waals surface area contributed by atoms with Gasteiger partial charge >= 0.3 is 0 Å². The molecule has 2 aromatic rings. The second-order valence-electron chi connectivity index (χ2n) is 5.31. The summed E-state index contributed by atoms with van der Waals surface area (Å²) in [6.07, 6.45) is 0. The van der Waals surface area contributed by atoms with Crippen LogP contribution in [-0.4, -0.2) is 17.6 Å². The zero-order valence-electron chi connectivity index (χ0n) is 13.4. The average molecular weight is 395 g/mol. The molecule has 1 amide bonds. The van der Waals surface area contributed by atoms with Gasteiger partial charge in [-0.1, -0.05) is 41.9 Å². The van der Waals surface area contributed by atoms with Gasteiger partial charge in [-0.2, -0.15) is 0 Å². The molecule has 0 bridgehead atoms. The van der Waals surface area contributed by atoms with Gasteiger partial charge in [0.1, 0.15) is 12.4 Å². The van der Waals surface area contributed by atoms with Gasteiger partial charge in [0.05, 0.1) is 5.69 Å². The van der Waals surface area contributed by atoms with Gasteiger partial charge in [0.25, 0.3) is 5.91 Å². The molecule has 2 aromatic carbocycles. The molecule has 0 saturated heterocycles. The van der Waals surface area contributed by atoms with Crippen molar-refractivity contribution >= 4 is 52.1 Å². The van der Waals surface area contributed by atoms with E-state index in [1.54, 1.807) is 18.2 Å². The summed E-state index contributed by atoms with van der Waals surface area (Å²) in [5.74, 6) is 0.190. The molecule has 0 fully saturated rings. The van der Waals surface area contributed by atoms with E-state index in [2.05, 4.69) is 17.2 Å². The number of halogens is 2. The highest BCUT2D eigenvalue weighted by Gasteiger charge is 2.11. The molecule has 0 unspecified atom stereocenters. The van der Waals surface area contributed by atoms with Crippen LogP contribution in [0.1, 0.15) is 17.3 Å². The van der Waals surface area contributed by atoms with Gasteiger partial charge in [0.2, 0.25) is 0 Å². The fourth-order valence-electron chi connectivity index (χ4n) is 1.91. The summed E-state index contributed by atoms with van der Waals surface area (Å²) in [6, 6.07) is 11.8. The monoisotopic (exact) mass is 394 g/mol. The van der Waals surface area contributed by atoms with Crippen molar-refractivity contribution in [1.82, 2.24) is 5.32 Å². The molecule has 0 aliphatic carbocycles. The van der Waals surface area contributed by atoms with Crippen molar-refractivity contribution in [2.75, 3.05) is 11.9 Å². The quantitative estimate of drug-likeness (QED) is 0.548. The van der Waals surface area contributed by atoms with E-state index >= 15 is 0 Å². The van der Waals surface area contributed by atoms with Crippen LogP contribution >= 0.6 is 35.4 Å². The van der Waals surface area contributed by atoms with E-state index in [-0.39, 0.29) is 5.11 Å². The van der Waals surface area contributed by atoms with Crippen molar-refractivity contribution in [2.24, 2.45) is 0 Å². The van der Waals surface area contributed by atoms with Crippen LogP contribution in [0.25, 0.3) is 0 Å². The van der Waals surface area contributed by atoms with Crippen LogP contribution in [0.2, 0.25) is 10.0 Å². The number of thiocarbonyl (C=S) groups is 1. The number of amides is 1. The van der Waals surface area contributed by atoms with Gasteiger partial charge < -0.3 is 10.1 Å². The third kappa shape index (κ3) is 6.05. The predicted octanol–water partition coefficient (Wildman–Crippen LogP) is 5.08. The molecule has 0 aromatic heterocycles. The minimum Gasteiger partial charge on any atom is -0.487 e. The number of carbonyl (C=O) groups is 1. The second kappa shape index (κ2) is 8.85. The summed E-state index contributed by atoms with van der Waals surface area (Å²) in [4.78, 5) is 12.3. The van der Waals surface area contributed by atoms with E-state index in [1.807, 2.05) is 19.1 Å². The minimum absolute atomic E-state index is 0.132. The van der Waals surface area contributed by atoms with Crippen LogP contribution < -0.4 is 15.4 Å². The van der Waals surface area contributed by atoms with Crippen molar-refractivity contribution in [1.29, 1.82) is 0 Å². The molecule has 0 heterocycles. The van der Waals surface area contributed by atoms with Crippen LogP contribution in [0.15, 0.2) is 54.6 Å². The molecule has 0 aliphatic heterocycles. The highest BCUT2D eigenvalue weighted by molar-refractivity contribution is 7.80. The lowest BCUT2D eigenvalue weighted by atomic mass is 10.2. The van der Waals surface area contributed by atoms with Gasteiger partial charge in [-0.15, -0.1) is 0 Å². The van der Waals surface area contributed by atoms with Crippen molar-refractivity contribution in [3.05, 3.63) is 70.2 Å². The van der Waals surface area contributed by atoms with E-state index in [4.69, 9.17) is 40.2 Å². The van der Waals surface area contributed by atoms with E-state index in [0.717, 1.165) is 5.57 Å². The smallest absolute Gasteiger partial charge is 0.257 e. The number of hydrogen-bond acceptors (Lipinski definition) is 3. The van der Waals surface area contributed by atoms with E-state index < -0.39 is 5.91 Å². The highest BCUT2D eigenvalue weighted by atomic mass is 35.5. The maximum Gasteiger partial charge on any atom is 0.257 e. The molecule has 4 nitrogen and oxygen atoms in total. The number of para-hydroxylation sites is 2. The van der Waals surface area contributed by atoms with Crippen molar-refractivity contribution in [2.45, 2.75) is 6.92 Å². The summed E-state index contributed by atoms with van der Waals surface area (Å²) < 4.78 is 5.65. The summed E-state index contributed by atoms with van der Waals surface area (Å²) in [7, 11) is 0. The van der Waals surface area contributed by atoms with E-state index in [1.165, 1.54) is 12.1 Å². The number of hydrogen-bond donors (Lipinski definition) is 2. The van der Waals surface area contributed by atoms with Crippen LogP contribution in [0.3, 0.4) is 0 Å². The fourth-order valence-corrected chi connectivity index (χ4v) is 2.64. The first kappa shape index (κ1) is 19.2. The largest absolute Gasteiger partial charge is 0.487 e. The fraction of sp³-hybridized carbons (Fsp3) is 0.111. The lowest BCUT2D eigenvalue weighted by Gasteiger charge is -2.14. The lowest BCUT2D eigenvalue weighted by Crippen LogP contribution is -2.34. The maximum atomic E-state index is 12.3. The zero-order chi connectivity index (χ0) is 18.4.